The molecule has 1 rings (SSSR count). The first-order valence-corrected chi connectivity index (χ1v) is 8.21. The van der Waals surface area contributed by atoms with Gasteiger partial charge in [-0.3, -0.25) is 0 Å². The zero-order valence-corrected chi connectivity index (χ0v) is 14.1. The van der Waals surface area contributed by atoms with E-state index in [9.17, 15) is 0 Å². The summed E-state index contributed by atoms with van der Waals surface area (Å²) in [5.41, 5.74) is 1.23. The van der Waals surface area contributed by atoms with Gasteiger partial charge in [-0.05, 0) is 44.5 Å². The van der Waals surface area contributed by atoms with E-state index >= 15 is 0 Å². The van der Waals surface area contributed by atoms with Crippen molar-refractivity contribution in [2.75, 3.05) is 13.7 Å². The van der Waals surface area contributed by atoms with Crippen LogP contribution in [0.1, 0.15) is 58.4 Å². The molecule has 0 aliphatic heterocycles. The molecular formula is C18H31NO2. The van der Waals surface area contributed by atoms with Gasteiger partial charge >= 0.3 is 0 Å². The van der Waals surface area contributed by atoms with Gasteiger partial charge in [-0.15, -0.1) is 0 Å². The lowest BCUT2D eigenvalue weighted by atomic mass is 10.1. The van der Waals surface area contributed by atoms with Crippen molar-refractivity contribution in [3.05, 3.63) is 23.8 Å². The third-order valence-corrected chi connectivity index (χ3v) is 3.38. The van der Waals surface area contributed by atoms with Crippen LogP contribution in [0.5, 0.6) is 11.5 Å². The van der Waals surface area contributed by atoms with Crippen LogP contribution in [0.4, 0.5) is 0 Å². The van der Waals surface area contributed by atoms with Crippen LogP contribution in [0.2, 0.25) is 0 Å². The monoisotopic (exact) mass is 293 g/mol. The minimum atomic E-state index is 0.158. The fraction of sp³-hybridized carbons (Fsp3) is 0.667. The number of hydrogen-bond acceptors (Lipinski definition) is 3. The highest BCUT2D eigenvalue weighted by molar-refractivity contribution is 5.43. The minimum Gasteiger partial charge on any atom is -0.493 e. The van der Waals surface area contributed by atoms with Crippen molar-refractivity contribution in [1.82, 2.24) is 5.32 Å². The predicted octanol–water partition coefficient (Wildman–Crippen LogP) is 4.54. The minimum absolute atomic E-state index is 0.158. The molecule has 1 aromatic rings. The molecule has 0 atom stereocenters. The van der Waals surface area contributed by atoms with Gasteiger partial charge in [0.25, 0.3) is 0 Å². The molecule has 1 aromatic carbocycles. The van der Waals surface area contributed by atoms with E-state index in [4.69, 9.17) is 9.47 Å². The summed E-state index contributed by atoms with van der Waals surface area (Å²) in [4.78, 5) is 0. The lowest BCUT2D eigenvalue weighted by Gasteiger charge is -2.14. The molecule has 0 fully saturated rings. The Kier molecular flexibility index (Phi) is 8.91. The molecule has 0 radical (unpaired) electrons. The maximum absolute atomic E-state index is 5.73. The molecule has 3 heteroatoms. The molecule has 0 heterocycles. The van der Waals surface area contributed by atoms with E-state index in [1.807, 2.05) is 19.9 Å². The topological polar surface area (TPSA) is 30.5 Å². The van der Waals surface area contributed by atoms with Crippen LogP contribution < -0.4 is 14.8 Å². The van der Waals surface area contributed by atoms with Gasteiger partial charge in [-0.25, -0.2) is 0 Å². The van der Waals surface area contributed by atoms with E-state index in [-0.39, 0.29) is 6.10 Å². The Labute approximate surface area is 130 Å². The highest BCUT2D eigenvalue weighted by Crippen LogP contribution is 2.28. The normalized spacial score (nSPS) is 10.9. The van der Waals surface area contributed by atoms with Crippen molar-refractivity contribution >= 4 is 0 Å². The predicted molar refractivity (Wildman–Crippen MR) is 89.2 cm³/mol. The molecule has 3 nitrogen and oxygen atoms in total. The molecule has 0 spiro atoms. The van der Waals surface area contributed by atoms with Gasteiger partial charge < -0.3 is 14.8 Å². The lowest BCUT2D eigenvalue weighted by molar-refractivity contribution is 0.230. The van der Waals surface area contributed by atoms with Crippen LogP contribution in [0.3, 0.4) is 0 Å². The summed E-state index contributed by atoms with van der Waals surface area (Å²) in [6.45, 7) is 8.25. The van der Waals surface area contributed by atoms with Gasteiger partial charge in [0.05, 0.1) is 13.2 Å². The highest BCUT2D eigenvalue weighted by atomic mass is 16.5. The largest absolute Gasteiger partial charge is 0.493 e. The third-order valence-electron chi connectivity index (χ3n) is 3.38. The molecule has 1 N–H and O–H groups in total. The van der Waals surface area contributed by atoms with Crippen LogP contribution in [0, 0.1) is 0 Å². The number of rotatable bonds is 11. The van der Waals surface area contributed by atoms with E-state index in [0.717, 1.165) is 24.6 Å². The molecule has 0 aliphatic rings. The van der Waals surface area contributed by atoms with Crippen molar-refractivity contribution in [2.45, 2.75) is 65.5 Å². The third kappa shape index (κ3) is 7.37. The van der Waals surface area contributed by atoms with Gasteiger partial charge in [0.1, 0.15) is 0 Å². The maximum Gasteiger partial charge on any atom is 0.161 e. The van der Waals surface area contributed by atoms with E-state index in [0.29, 0.717) is 0 Å². The molecule has 120 valence electrons. The Morgan fingerprint density at radius 1 is 1.05 bits per heavy atom. The van der Waals surface area contributed by atoms with Crippen molar-refractivity contribution in [3.8, 4) is 11.5 Å². The van der Waals surface area contributed by atoms with Crippen LogP contribution in [-0.4, -0.2) is 19.8 Å². The highest BCUT2D eigenvalue weighted by Gasteiger charge is 2.07. The van der Waals surface area contributed by atoms with Gasteiger partial charge in [0.2, 0.25) is 0 Å². The molecule has 0 saturated heterocycles. The molecule has 0 aliphatic carbocycles. The fourth-order valence-corrected chi connectivity index (χ4v) is 2.26. The summed E-state index contributed by atoms with van der Waals surface area (Å²) in [6, 6.07) is 6.16. The molecule has 0 saturated carbocycles. The molecule has 0 unspecified atom stereocenters. The molecule has 0 amide bonds. The summed E-state index contributed by atoms with van der Waals surface area (Å²) in [6.07, 6.45) is 6.75. The average molecular weight is 293 g/mol. The first-order chi connectivity index (χ1) is 10.2. The van der Waals surface area contributed by atoms with Crippen LogP contribution in [0.25, 0.3) is 0 Å². The van der Waals surface area contributed by atoms with Crippen molar-refractivity contribution < 1.29 is 9.47 Å². The second-order valence-electron chi connectivity index (χ2n) is 5.74. The van der Waals surface area contributed by atoms with Gasteiger partial charge in [0, 0.05) is 6.54 Å². The number of benzene rings is 1. The number of nitrogens with one attached hydrogen (secondary N) is 1. The average Bonchev–Trinajstić information content (AvgIpc) is 2.47. The summed E-state index contributed by atoms with van der Waals surface area (Å²) in [5, 5.41) is 3.49. The zero-order chi connectivity index (χ0) is 15.5. The summed E-state index contributed by atoms with van der Waals surface area (Å²) in [5.74, 6) is 1.63. The Morgan fingerprint density at radius 3 is 2.48 bits per heavy atom. The Balaban J connectivity index is 2.35. The maximum atomic E-state index is 5.73. The van der Waals surface area contributed by atoms with E-state index in [1.54, 1.807) is 7.11 Å². The SMILES string of the molecule is CCCCCCCNCc1ccc(OC(C)C)c(OC)c1. The van der Waals surface area contributed by atoms with Crippen molar-refractivity contribution in [3.63, 3.8) is 0 Å². The standard InChI is InChI=1S/C18H31NO2/c1-5-6-7-8-9-12-19-14-16-10-11-17(21-15(2)3)18(13-16)20-4/h10-11,13,15,19H,5-9,12,14H2,1-4H3. The van der Waals surface area contributed by atoms with Crippen molar-refractivity contribution in [2.24, 2.45) is 0 Å². The lowest BCUT2D eigenvalue weighted by Crippen LogP contribution is -2.15. The second kappa shape index (κ2) is 10.5. The van der Waals surface area contributed by atoms with Crippen LogP contribution in [-0.2, 0) is 6.54 Å². The first-order valence-electron chi connectivity index (χ1n) is 8.21. The van der Waals surface area contributed by atoms with E-state index in [1.165, 1.54) is 37.7 Å². The van der Waals surface area contributed by atoms with E-state index in [2.05, 4.69) is 24.4 Å². The molecule has 0 bridgehead atoms. The second-order valence-corrected chi connectivity index (χ2v) is 5.74. The van der Waals surface area contributed by atoms with Crippen LogP contribution in [0.15, 0.2) is 18.2 Å². The summed E-state index contributed by atoms with van der Waals surface area (Å²) >= 11 is 0. The summed E-state index contributed by atoms with van der Waals surface area (Å²) in [7, 11) is 1.69. The van der Waals surface area contributed by atoms with Gasteiger partial charge in [0.15, 0.2) is 11.5 Å². The van der Waals surface area contributed by atoms with Crippen molar-refractivity contribution in [1.29, 1.82) is 0 Å². The Morgan fingerprint density at radius 2 is 1.81 bits per heavy atom. The number of unbranched alkanes of at least 4 members (excludes halogenated alkanes) is 4. The molecule has 21 heavy (non-hydrogen) atoms. The fourth-order valence-electron chi connectivity index (χ4n) is 2.26. The van der Waals surface area contributed by atoms with Crippen LogP contribution >= 0.6 is 0 Å². The van der Waals surface area contributed by atoms with Gasteiger partial charge in [-0.2, -0.15) is 0 Å². The Bertz CT molecular complexity index is 391. The zero-order valence-electron chi connectivity index (χ0n) is 14.1. The summed E-state index contributed by atoms with van der Waals surface area (Å²) < 4.78 is 11.1. The number of methoxy groups -OCH3 is 1. The molecule has 0 aromatic heterocycles. The Hall–Kier alpha value is -1.22. The number of hydrogen-bond donors (Lipinski definition) is 1. The molecular weight excluding hydrogens is 262 g/mol. The van der Waals surface area contributed by atoms with Gasteiger partial charge in [-0.1, -0.05) is 38.7 Å². The first kappa shape index (κ1) is 17.8. The quantitative estimate of drug-likeness (QED) is 0.607. The number of ether oxygens (including phenoxy) is 2. The smallest absolute Gasteiger partial charge is 0.161 e. The van der Waals surface area contributed by atoms with E-state index < -0.39 is 0 Å².